The molecule has 0 heterocycles. The summed E-state index contributed by atoms with van der Waals surface area (Å²) in [5.74, 6) is -2.59. The van der Waals surface area contributed by atoms with Gasteiger partial charge in [0.2, 0.25) is 0 Å². The highest BCUT2D eigenvalue weighted by Crippen LogP contribution is 2.38. The molecule has 0 fully saturated rings. The van der Waals surface area contributed by atoms with Gasteiger partial charge in [-0.2, -0.15) is 13.2 Å². The fourth-order valence-electron chi connectivity index (χ4n) is 1.21. The van der Waals surface area contributed by atoms with E-state index in [4.69, 9.17) is 0 Å². The van der Waals surface area contributed by atoms with Crippen molar-refractivity contribution in [3.05, 3.63) is 29.3 Å². The van der Waals surface area contributed by atoms with Gasteiger partial charge in [-0.1, -0.05) is 0 Å². The Labute approximate surface area is 102 Å². The third-order valence-corrected chi connectivity index (χ3v) is 1.93. The minimum absolute atomic E-state index is 0.313. The zero-order valence-electron chi connectivity index (χ0n) is 9.22. The third kappa shape index (κ3) is 4.04. The lowest BCUT2D eigenvalue weighted by Crippen LogP contribution is -2.20. The highest BCUT2D eigenvalue weighted by atomic mass is 19.4. The summed E-state index contributed by atoms with van der Waals surface area (Å²) < 4.78 is 80.9. The van der Waals surface area contributed by atoms with Crippen LogP contribution in [0.2, 0.25) is 0 Å². The average Bonchev–Trinajstić information content (AvgIpc) is 2.24. The molecule has 0 N–H and O–H groups in total. The topological polar surface area (TPSA) is 35.5 Å². The second-order valence-electron chi connectivity index (χ2n) is 3.25. The average molecular weight is 288 g/mol. The molecule has 19 heavy (non-hydrogen) atoms. The lowest BCUT2D eigenvalue weighted by atomic mass is 10.1. The number of ether oxygens (including phenoxy) is 2. The van der Waals surface area contributed by atoms with Crippen LogP contribution in [0.5, 0.6) is 5.75 Å². The number of methoxy groups -OCH3 is 1. The summed E-state index contributed by atoms with van der Waals surface area (Å²) in [5, 5.41) is 0. The van der Waals surface area contributed by atoms with Crippen molar-refractivity contribution in [2.24, 2.45) is 0 Å². The van der Waals surface area contributed by atoms with Crippen LogP contribution in [0, 0.1) is 0 Å². The van der Waals surface area contributed by atoms with Gasteiger partial charge in [-0.25, -0.2) is 4.79 Å². The number of hydrogen-bond acceptors (Lipinski definition) is 3. The van der Waals surface area contributed by atoms with Crippen molar-refractivity contribution in [3.8, 4) is 5.75 Å². The number of benzene rings is 1. The summed E-state index contributed by atoms with van der Waals surface area (Å²) in [6.45, 7) is 0. The van der Waals surface area contributed by atoms with Crippen molar-refractivity contribution in [3.63, 3.8) is 0 Å². The molecule has 1 rings (SSSR count). The van der Waals surface area contributed by atoms with Crippen LogP contribution in [0.4, 0.5) is 26.3 Å². The van der Waals surface area contributed by atoms with Crippen LogP contribution in [0.1, 0.15) is 15.9 Å². The quantitative estimate of drug-likeness (QED) is 0.618. The maximum atomic E-state index is 12.5. The fraction of sp³-hybridized carbons (Fsp3) is 0.300. The predicted molar refractivity (Wildman–Crippen MR) is 49.5 cm³/mol. The predicted octanol–water partition coefficient (Wildman–Crippen LogP) is 3.39. The maximum absolute atomic E-state index is 12.5. The van der Waals surface area contributed by atoms with Crippen LogP contribution in [-0.4, -0.2) is 19.4 Å². The summed E-state index contributed by atoms with van der Waals surface area (Å²) >= 11 is 0. The van der Waals surface area contributed by atoms with Crippen LogP contribution in [0.25, 0.3) is 0 Å². The van der Waals surface area contributed by atoms with E-state index >= 15 is 0 Å². The van der Waals surface area contributed by atoms with Crippen LogP contribution < -0.4 is 4.74 Å². The molecule has 0 aliphatic heterocycles. The number of esters is 1. The van der Waals surface area contributed by atoms with Crippen molar-refractivity contribution >= 4 is 5.97 Å². The van der Waals surface area contributed by atoms with Crippen molar-refractivity contribution < 1.29 is 40.6 Å². The summed E-state index contributed by atoms with van der Waals surface area (Å²) in [5.41, 5.74) is -2.13. The van der Waals surface area contributed by atoms with Gasteiger partial charge in [0.15, 0.2) is 0 Å². The minimum atomic E-state index is -5.31. The van der Waals surface area contributed by atoms with Gasteiger partial charge in [0.05, 0.1) is 18.2 Å². The molecule has 0 saturated carbocycles. The molecule has 0 bridgehead atoms. The smallest absolute Gasteiger partial charge is 0.465 e. The van der Waals surface area contributed by atoms with E-state index in [1.165, 1.54) is 0 Å². The van der Waals surface area contributed by atoms with E-state index in [-0.39, 0.29) is 0 Å². The first-order valence-corrected chi connectivity index (χ1v) is 4.60. The van der Waals surface area contributed by atoms with Crippen LogP contribution in [-0.2, 0) is 10.9 Å². The Bertz CT molecular complexity index is 477. The standard InChI is InChI=1S/C10H6F6O3/c1-18-8(17)5-2-3-6(9(11,12)13)7(4-5)19-10(14,15)16/h2-4H,1H3. The Morgan fingerprint density at radius 1 is 1.11 bits per heavy atom. The molecule has 0 unspecified atom stereocenters. The highest BCUT2D eigenvalue weighted by molar-refractivity contribution is 5.89. The molecule has 1 aromatic carbocycles. The van der Waals surface area contributed by atoms with E-state index < -0.39 is 35.4 Å². The first-order chi connectivity index (χ1) is 8.54. The summed E-state index contributed by atoms with van der Waals surface area (Å²) in [4.78, 5) is 11.1. The Balaban J connectivity index is 3.30. The Morgan fingerprint density at radius 3 is 2.11 bits per heavy atom. The van der Waals surface area contributed by atoms with E-state index in [0.717, 1.165) is 7.11 Å². The SMILES string of the molecule is COC(=O)c1ccc(C(F)(F)F)c(OC(F)(F)F)c1. The lowest BCUT2D eigenvalue weighted by Gasteiger charge is -2.15. The Hall–Kier alpha value is -1.93. The summed E-state index contributed by atoms with van der Waals surface area (Å²) in [6, 6.07) is 1.33. The number of halogens is 6. The first-order valence-electron chi connectivity index (χ1n) is 4.60. The van der Waals surface area contributed by atoms with Gasteiger partial charge in [-0.15, -0.1) is 13.2 Å². The molecule has 106 valence electrons. The van der Waals surface area contributed by atoms with Gasteiger partial charge in [0.1, 0.15) is 5.75 Å². The molecule has 0 radical (unpaired) electrons. The molecule has 3 nitrogen and oxygen atoms in total. The second kappa shape index (κ2) is 4.98. The molecule has 0 atom stereocenters. The van der Waals surface area contributed by atoms with Gasteiger partial charge in [0.25, 0.3) is 0 Å². The van der Waals surface area contributed by atoms with Gasteiger partial charge in [-0.3, -0.25) is 0 Å². The van der Waals surface area contributed by atoms with Gasteiger partial charge in [0, 0.05) is 0 Å². The third-order valence-electron chi connectivity index (χ3n) is 1.93. The monoisotopic (exact) mass is 288 g/mol. The molecular weight excluding hydrogens is 282 g/mol. The van der Waals surface area contributed by atoms with Crippen molar-refractivity contribution in [1.82, 2.24) is 0 Å². The van der Waals surface area contributed by atoms with E-state index in [1.54, 1.807) is 0 Å². The van der Waals surface area contributed by atoms with Crippen molar-refractivity contribution in [2.45, 2.75) is 12.5 Å². The van der Waals surface area contributed by atoms with E-state index in [9.17, 15) is 31.1 Å². The Morgan fingerprint density at radius 2 is 1.68 bits per heavy atom. The molecule has 9 heteroatoms. The van der Waals surface area contributed by atoms with Crippen molar-refractivity contribution in [1.29, 1.82) is 0 Å². The van der Waals surface area contributed by atoms with Crippen LogP contribution in [0.15, 0.2) is 18.2 Å². The second-order valence-corrected chi connectivity index (χ2v) is 3.25. The number of alkyl halides is 6. The molecular formula is C10H6F6O3. The largest absolute Gasteiger partial charge is 0.573 e. The minimum Gasteiger partial charge on any atom is -0.465 e. The molecule has 1 aromatic rings. The highest BCUT2D eigenvalue weighted by Gasteiger charge is 2.39. The number of hydrogen-bond donors (Lipinski definition) is 0. The van der Waals surface area contributed by atoms with Gasteiger partial charge >= 0.3 is 18.5 Å². The van der Waals surface area contributed by atoms with E-state index in [0.29, 0.717) is 18.2 Å². The molecule has 0 aromatic heterocycles. The number of rotatable bonds is 2. The first kappa shape index (κ1) is 15.1. The van der Waals surface area contributed by atoms with Crippen molar-refractivity contribution in [2.75, 3.05) is 7.11 Å². The normalized spacial score (nSPS) is 12.2. The fourth-order valence-corrected chi connectivity index (χ4v) is 1.21. The molecule has 0 saturated heterocycles. The lowest BCUT2D eigenvalue weighted by molar-refractivity contribution is -0.276. The Kier molecular flexibility index (Phi) is 3.97. The van der Waals surface area contributed by atoms with Gasteiger partial charge in [-0.05, 0) is 18.2 Å². The summed E-state index contributed by atoms with van der Waals surface area (Å²) in [6.07, 6.45) is -10.4. The zero-order valence-corrected chi connectivity index (χ0v) is 9.22. The molecule has 0 aliphatic rings. The van der Waals surface area contributed by atoms with E-state index in [1.807, 2.05) is 0 Å². The molecule has 0 amide bonds. The van der Waals surface area contributed by atoms with Gasteiger partial charge < -0.3 is 9.47 Å². The number of carbonyl (C=O) groups excluding carboxylic acids is 1. The molecule has 0 spiro atoms. The summed E-state index contributed by atoms with van der Waals surface area (Å²) in [7, 11) is 0.935. The van der Waals surface area contributed by atoms with E-state index in [2.05, 4.69) is 9.47 Å². The van der Waals surface area contributed by atoms with Crippen LogP contribution >= 0.6 is 0 Å². The molecule has 0 aliphatic carbocycles. The number of carbonyl (C=O) groups is 1. The zero-order chi connectivity index (χ0) is 14.8. The maximum Gasteiger partial charge on any atom is 0.573 e. The van der Waals surface area contributed by atoms with Crippen LogP contribution in [0.3, 0.4) is 0 Å².